The van der Waals surface area contributed by atoms with Gasteiger partial charge in [-0.3, -0.25) is 9.59 Å². The first-order valence-electron chi connectivity index (χ1n) is 10.0. The highest BCUT2D eigenvalue weighted by molar-refractivity contribution is 5.94. The van der Waals surface area contributed by atoms with Gasteiger partial charge < -0.3 is 24.4 Å². The van der Waals surface area contributed by atoms with Crippen LogP contribution in [0.3, 0.4) is 0 Å². The van der Waals surface area contributed by atoms with E-state index in [2.05, 4.69) is 4.90 Å². The average molecular weight is 446 g/mol. The van der Waals surface area contributed by atoms with Gasteiger partial charge in [-0.25, -0.2) is 4.79 Å². The van der Waals surface area contributed by atoms with Crippen molar-refractivity contribution in [3.63, 3.8) is 0 Å². The van der Waals surface area contributed by atoms with Crippen LogP contribution in [0.15, 0.2) is 18.3 Å². The van der Waals surface area contributed by atoms with E-state index in [0.29, 0.717) is 12.2 Å². The number of carbonyl (C=O) groups excluding carboxylic acids is 2. The van der Waals surface area contributed by atoms with Crippen molar-refractivity contribution in [1.82, 2.24) is 19.3 Å². The maximum atomic E-state index is 13.0. The van der Waals surface area contributed by atoms with Crippen LogP contribution in [-0.2, 0) is 16.6 Å². The summed E-state index contributed by atoms with van der Waals surface area (Å²) in [6.45, 7) is 3.79. The second-order valence-electron chi connectivity index (χ2n) is 8.26. The molecule has 0 aromatic carbocycles. The molecule has 174 valence electrons. The van der Waals surface area contributed by atoms with Crippen molar-refractivity contribution in [3.8, 4) is 0 Å². The number of nitrogens with zero attached hydrogens (tertiary/aromatic N) is 4. The number of halogens is 3. The molecule has 0 saturated carbocycles. The number of hydrogen-bond donors (Lipinski definition) is 1. The summed E-state index contributed by atoms with van der Waals surface area (Å²) in [5, 5.41) is 7.12. The SMILES string of the molecule is CN(C)CCN1CCC2(CCCN(C(=O)c3cccn3C)C2)C1=O.O=C(O)C(F)(F)F. The van der Waals surface area contributed by atoms with Gasteiger partial charge in [-0.15, -0.1) is 0 Å². The Morgan fingerprint density at radius 2 is 1.87 bits per heavy atom. The molecule has 0 bridgehead atoms. The quantitative estimate of drug-likeness (QED) is 0.761. The molecule has 31 heavy (non-hydrogen) atoms. The fourth-order valence-corrected chi connectivity index (χ4v) is 3.96. The maximum absolute atomic E-state index is 13.0. The second kappa shape index (κ2) is 9.71. The number of alkyl halides is 3. The van der Waals surface area contributed by atoms with Crippen molar-refractivity contribution in [1.29, 1.82) is 0 Å². The Balaban J connectivity index is 0.000000423. The molecule has 1 atom stereocenters. The van der Waals surface area contributed by atoms with Crippen LogP contribution in [0.5, 0.6) is 0 Å². The molecular weight excluding hydrogens is 417 g/mol. The first kappa shape index (κ1) is 24.7. The van der Waals surface area contributed by atoms with Crippen molar-refractivity contribution in [3.05, 3.63) is 24.0 Å². The monoisotopic (exact) mass is 446 g/mol. The van der Waals surface area contributed by atoms with Crippen molar-refractivity contribution in [2.45, 2.75) is 25.4 Å². The van der Waals surface area contributed by atoms with Crippen LogP contribution in [0.4, 0.5) is 13.2 Å². The summed E-state index contributed by atoms with van der Waals surface area (Å²) in [5.74, 6) is -2.47. The number of aromatic nitrogens is 1. The molecule has 1 aromatic heterocycles. The van der Waals surface area contributed by atoms with Gasteiger partial charge >= 0.3 is 12.1 Å². The predicted octanol–water partition coefficient (Wildman–Crippen LogP) is 1.67. The summed E-state index contributed by atoms with van der Waals surface area (Å²) in [7, 11) is 5.94. The standard InChI is InChI=1S/C18H28N4O2.C2HF3O2/c1-19(2)12-13-21-11-8-18(17(21)24)7-5-10-22(14-18)16(23)15-6-4-9-20(15)3;3-2(4,5)1(6)7/h4,6,9H,5,7-8,10-14H2,1-3H3;(H,6,7). The number of carboxylic acids is 1. The van der Waals surface area contributed by atoms with Gasteiger partial charge in [0.2, 0.25) is 5.91 Å². The zero-order valence-corrected chi connectivity index (χ0v) is 18.0. The second-order valence-corrected chi connectivity index (χ2v) is 8.26. The van der Waals surface area contributed by atoms with Crippen LogP contribution in [0.25, 0.3) is 0 Å². The van der Waals surface area contributed by atoms with E-state index in [1.165, 1.54) is 0 Å². The fraction of sp³-hybridized carbons (Fsp3) is 0.650. The molecule has 3 heterocycles. The van der Waals surface area contributed by atoms with Gasteiger partial charge in [-0.1, -0.05) is 0 Å². The Morgan fingerprint density at radius 1 is 1.23 bits per heavy atom. The van der Waals surface area contributed by atoms with Crippen LogP contribution in [0.2, 0.25) is 0 Å². The van der Waals surface area contributed by atoms with Gasteiger partial charge in [-0.2, -0.15) is 13.2 Å². The van der Waals surface area contributed by atoms with Gasteiger partial charge in [0.25, 0.3) is 5.91 Å². The largest absolute Gasteiger partial charge is 0.490 e. The van der Waals surface area contributed by atoms with E-state index in [-0.39, 0.29) is 17.2 Å². The highest BCUT2D eigenvalue weighted by Gasteiger charge is 2.49. The van der Waals surface area contributed by atoms with Gasteiger partial charge in [-0.05, 0) is 45.5 Å². The minimum Gasteiger partial charge on any atom is -0.475 e. The van der Waals surface area contributed by atoms with Crippen LogP contribution in [0, 0.1) is 5.41 Å². The van der Waals surface area contributed by atoms with E-state index < -0.39 is 12.1 Å². The average Bonchev–Trinajstić information content (AvgIpc) is 3.24. The number of rotatable bonds is 4. The third-order valence-electron chi connectivity index (χ3n) is 5.69. The topological polar surface area (TPSA) is 86.1 Å². The number of amides is 2. The fourth-order valence-electron chi connectivity index (χ4n) is 3.96. The van der Waals surface area contributed by atoms with E-state index in [1.807, 2.05) is 53.8 Å². The molecule has 2 fully saturated rings. The molecule has 2 saturated heterocycles. The first-order valence-corrected chi connectivity index (χ1v) is 10.0. The predicted molar refractivity (Wildman–Crippen MR) is 106 cm³/mol. The zero-order valence-electron chi connectivity index (χ0n) is 18.0. The molecule has 2 aliphatic heterocycles. The zero-order chi connectivity index (χ0) is 23.4. The Labute approximate surface area is 179 Å². The third kappa shape index (κ3) is 5.99. The van der Waals surface area contributed by atoms with E-state index >= 15 is 0 Å². The Morgan fingerprint density at radius 3 is 2.39 bits per heavy atom. The van der Waals surface area contributed by atoms with Gasteiger partial charge in [0.05, 0.1) is 5.41 Å². The van der Waals surface area contributed by atoms with Crippen molar-refractivity contribution in [2.24, 2.45) is 12.5 Å². The molecule has 0 aliphatic carbocycles. The molecule has 1 unspecified atom stereocenters. The summed E-state index contributed by atoms with van der Waals surface area (Å²) < 4.78 is 33.6. The summed E-state index contributed by atoms with van der Waals surface area (Å²) in [5.41, 5.74) is 0.340. The van der Waals surface area contributed by atoms with Gasteiger partial charge in [0.15, 0.2) is 0 Å². The maximum Gasteiger partial charge on any atom is 0.490 e. The molecule has 1 aromatic rings. The lowest BCUT2D eigenvalue weighted by molar-refractivity contribution is -0.192. The van der Waals surface area contributed by atoms with Crippen LogP contribution in [0.1, 0.15) is 29.8 Å². The third-order valence-corrected chi connectivity index (χ3v) is 5.69. The Hall–Kier alpha value is -2.56. The van der Waals surface area contributed by atoms with E-state index in [9.17, 15) is 22.8 Å². The van der Waals surface area contributed by atoms with Crippen LogP contribution in [-0.4, -0.2) is 95.2 Å². The van der Waals surface area contributed by atoms with Gasteiger partial charge in [0.1, 0.15) is 5.69 Å². The lowest BCUT2D eigenvalue weighted by atomic mass is 9.78. The van der Waals surface area contributed by atoms with E-state index in [1.54, 1.807) is 0 Å². The highest BCUT2D eigenvalue weighted by Crippen LogP contribution is 2.40. The number of aliphatic carboxylic acids is 1. The summed E-state index contributed by atoms with van der Waals surface area (Å²) >= 11 is 0. The summed E-state index contributed by atoms with van der Waals surface area (Å²) in [6, 6.07) is 3.74. The molecule has 1 spiro atoms. The number of aryl methyl sites for hydroxylation is 1. The molecule has 0 radical (unpaired) electrons. The minimum absolute atomic E-state index is 0.0427. The molecular formula is C20H29F3N4O4. The molecule has 8 nitrogen and oxygen atoms in total. The summed E-state index contributed by atoms with van der Waals surface area (Å²) in [6.07, 6.45) is -0.516. The Bertz CT molecular complexity index is 809. The van der Waals surface area contributed by atoms with Crippen LogP contribution < -0.4 is 0 Å². The van der Waals surface area contributed by atoms with Gasteiger partial charge in [0, 0.05) is 46.0 Å². The smallest absolute Gasteiger partial charge is 0.475 e. The van der Waals surface area contributed by atoms with Crippen molar-refractivity contribution >= 4 is 17.8 Å². The molecule has 3 rings (SSSR count). The number of likely N-dealkylation sites (N-methyl/N-ethyl adjacent to an activating group) is 1. The molecule has 11 heteroatoms. The number of piperidine rings is 1. The van der Waals surface area contributed by atoms with Crippen molar-refractivity contribution in [2.75, 3.05) is 46.8 Å². The lowest BCUT2D eigenvalue weighted by Gasteiger charge is -2.39. The van der Waals surface area contributed by atoms with E-state index in [4.69, 9.17) is 9.90 Å². The highest BCUT2D eigenvalue weighted by atomic mass is 19.4. The lowest BCUT2D eigenvalue weighted by Crippen LogP contribution is -2.50. The van der Waals surface area contributed by atoms with Crippen LogP contribution >= 0.6 is 0 Å². The van der Waals surface area contributed by atoms with Crippen molar-refractivity contribution < 1.29 is 32.7 Å². The van der Waals surface area contributed by atoms with E-state index in [0.717, 1.165) is 45.4 Å². The minimum atomic E-state index is -5.08. The molecule has 1 N–H and O–H groups in total. The molecule has 2 amide bonds. The number of hydrogen-bond acceptors (Lipinski definition) is 4. The molecule has 2 aliphatic rings. The normalized spacial score (nSPS) is 21.5. The Kier molecular flexibility index (Phi) is 7.74. The number of carbonyl (C=O) groups is 3. The number of carboxylic acid groups (broad SMARTS) is 1. The summed E-state index contributed by atoms with van der Waals surface area (Å²) in [4.78, 5) is 40.6. The number of likely N-dealkylation sites (tertiary alicyclic amines) is 2. The first-order chi connectivity index (χ1) is 14.4.